The summed E-state index contributed by atoms with van der Waals surface area (Å²) in [6.07, 6.45) is 4.32. The molecule has 0 aliphatic heterocycles. The molecular formula is C21H27ClN2O3S. The number of nitrogens with one attached hydrogen (secondary N) is 1. The van der Waals surface area contributed by atoms with Gasteiger partial charge in [-0.15, -0.1) is 0 Å². The van der Waals surface area contributed by atoms with Gasteiger partial charge in [-0.2, -0.15) is 0 Å². The Kier molecular flexibility index (Phi) is 7.49. The van der Waals surface area contributed by atoms with Crippen molar-refractivity contribution in [2.45, 2.75) is 46.1 Å². The summed E-state index contributed by atoms with van der Waals surface area (Å²) in [5, 5.41) is 3.24. The molecule has 0 aromatic heterocycles. The van der Waals surface area contributed by atoms with Gasteiger partial charge in [-0.05, 0) is 62.1 Å². The van der Waals surface area contributed by atoms with E-state index in [9.17, 15) is 13.2 Å². The third-order valence-electron chi connectivity index (χ3n) is 4.54. The molecule has 0 heterocycles. The maximum absolute atomic E-state index is 12.7. The summed E-state index contributed by atoms with van der Waals surface area (Å²) in [7, 11) is -3.69. The second kappa shape index (κ2) is 9.43. The predicted molar refractivity (Wildman–Crippen MR) is 117 cm³/mol. The first-order valence-electron chi connectivity index (χ1n) is 9.29. The molecule has 0 aliphatic rings. The fourth-order valence-electron chi connectivity index (χ4n) is 2.91. The molecule has 0 spiro atoms. The van der Waals surface area contributed by atoms with Gasteiger partial charge in [-0.3, -0.25) is 9.10 Å². The van der Waals surface area contributed by atoms with E-state index < -0.39 is 22.0 Å². The minimum absolute atomic E-state index is 0.357. The molecule has 0 radical (unpaired) electrons. The zero-order chi connectivity index (χ0) is 20.9. The van der Waals surface area contributed by atoms with Crippen LogP contribution in [0.4, 0.5) is 11.4 Å². The standard InChI is InChI=1S/C21H27ClN2O3S/c1-5-6-7-17-9-11-18(12-10-17)23-21(25)16(3)24(28(4,26)27)19-13-8-15(2)20(22)14-19/h8-14,16H,5-7H2,1-4H3,(H,23,25)/t16-/m0/s1. The van der Waals surface area contributed by atoms with Gasteiger partial charge in [-0.1, -0.05) is 43.1 Å². The SMILES string of the molecule is CCCCc1ccc(NC(=O)[C@H](C)N(c2ccc(C)c(Cl)c2)S(C)(=O)=O)cc1. The van der Waals surface area contributed by atoms with Gasteiger partial charge in [0.15, 0.2) is 0 Å². The monoisotopic (exact) mass is 422 g/mol. The van der Waals surface area contributed by atoms with Crippen molar-refractivity contribution in [1.29, 1.82) is 0 Å². The largest absolute Gasteiger partial charge is 0.324 e. The zero-order valence-electron chi connectivity index (χ0n) is 16.7. The molecule has 1 N–H and O–H groups in total. The summed E-state index contributed by atoms with van der Waals surface area (Å²) >= 11 is 6.15. The van der Waals surface area contributed by atoms with Crippen molar-refractivity contribution in [2.75, 3.05) is 15.9 Å². The van der Waals surface area contributed by atoms with Crippen LogP contribution in [0.25, 0.3) is 0 Å². The highest BCUT2D eigenvalue weighted by Crippen LogP contribution is 2.27. The number of nitrogens with zero attached hydrogens (tertiary/aromatic N) is 1. The third kappa shape index (κ3) is 5.72. The van der Waals surface area contributed by atoms with Gasteiger partial charge in [-0.25, -0.2) is 8.42 Å². The molecule has 28 heavy (non-hydrogen) atoms. The lowest BCUT2D eigenvalue weighted by molar-refractivity contribution is -0.116. The first kappa shape index (κ1) is 22.2. The molecule has 5 nitrogen and oxygen atoms in total. The van der Waals surface area contributed by atoms with E-state index in [0.29, 0.717) is 16.4 Å². The topological polar surface area (TPSA) is 66.5 Å². The molecule has 7 heteroatoms. The number of rotatable bonds is 8. The van der Waals surface area contributed by atoms with Crippen LogP contribution in [0.15, 0.2) is 42.5 Å². The average molecular weight is 423 g/mol. The van der Waals surface area contributed by atoms with Gasteiger partial charge in [0.2, 0.25) is 15.9 Å². The molecule has 0 bridgehead atoms. The third-order valence-corrected chi connectivity index (χ3v) is 6.19. The Hall–Kier alpha value is -2.05. The molecule has 0 aliphatic carbocycles. The van der Waals surface area contributed by atoms with Gasteiger partial charge in [0.25, 0.3) is 0 Å². The van der Waals surface area contributed by atoms with Gasteiger partial charge in [0.05, 0.1) is 11.9 Å². The van der Waals surface area contributed by atoms with Crippen LogP contribution in [-0.2, 0) is 21.2 Å². The second-order valence-electron chi connectivity index (χ2n) is 6.96. The van der Waals surface area contributed by atoms with Crippen LogP contribution in [0.1, 0.15) is 37.8 Å². The number of halogens is 1. The van der Waals surface area contributed by atoms with Gasteiger partial charge < -0.3 is 5.32 Å². The number of benzene rings is 2. The minimum atomic E-state index is -3.69. The smallest absolute Gasteiger partial charge is 0.247 e. The quantitative estimate of drug-likeness (QED) is 0.665. The zero-order valence-corrected chi connectivity index (χ0v) is 18.3. The number of hydrogen-bond donors (Lipinski definition) is 1. The minimum Gasteiger partial charge on any atom is -0.324 e. The maximum atomic E-state index is 12.7. The maximum Gasteiger partial charge on any atom is 0.247 e. The summed E-state index contributed by atoms with van der Waals surface area (Å²) in [6, 6.07) is 11.6. The Morgan fingerprint density at radius 3 is 2.36 bits per heavy atom. The molecule has 2 aromatic rings. The summed E-state index contributed by atoms with van der Waals surface area (Å²) in [5.41, 5.74) is 3.03. The highest BCUT2D eigenvalue weighted by atomic mass is 35.5. The van der Waals surface area contributed by atoms with E-state index in [2.05, 4.69) is 12.2 Å². The van der Waals surface area contributed by atoms with Crippen LogP contribution in [0, 0.1) is 6.92 Å². The van der Waals surface area contributed by atoms with E-state index in [4.69, 9.17) is 11.6 Å². The van der Waals surface area contributed by atoms with E-state index >= 15 is 0 Å². The van der Waals surface area contributed by atoms with Crippen LogP contribution < -0.4 is 9.62 Å². The number of amides is 1. The Labute approximate surface area is 172 Å². The Morgan fingerprint density at radius 1 is 1.18 bits per heavy atom. The van der Waals surface area contributed by atoms with Crippen molar-refractivity contribution < 1.29 is 13.2 Å². The number of carbonyl (C=O) groups excluding carboxylic acids is 1. The number of sulfonamides is 1. The van der Waals surface area contributed by atoms with Crippen LogP contribution in [0.2, 0.25) is 5.02 Å². The molecule has 0 saturated carbocycles. The Morgan fingerprint density at radius 2 is 1.82 bits per heavy atom. The van der Waals surface area contributed by atoms with Crippen LogP contribution >= 0.6 is 11.6 Å². The van der Waals surface area contributed by atoms with E-state index in [1.165, 1.54) is 5.56 Å². The van der Waals surface area contributed by atoms with Crippen molar-refractivity contribution in [1.82, 2.24) is 0 Å². The van der Waals surface area contributed by atoms with E-state index in [0.717, 1.165) is 35.4 Å². The van der Waals surface area contributed by atoms with Crippen molar-refractivity contribution in [3.63, 3.8) is 0 Å². The van der Waals surface area contributed by atoms with Crippen LogP contribution in [-0.4, -0.2) is 26.6 Å². The number of anilines is 2. The summed E-state index contributed by atoms with van der Waals surface area (Å²) in [4.78, 5) is 12.7. The fourth-order valence-corrected chi connectivity index (χ4v) is 4.25. The van der Waals surface area contributed by atoms with Gasteiger partial charge >= 0.3 is 0 Å². The molecule has 0 saturated heterocycles. The van der Waals surface area contributed by atoms with E-state index in [1.807, 2.05) is 31.2 Å². The summed E-state index contributed by atoms with van der Waals surface area (Å²) < 4.78 is 25.8. The molecule has 2 rings (SSSR count). The lowest BCUT2D eigenvalue weighted by Crippen LogP contribution is -2.45. The summed E-state index contributed by atoms with van der Waals surface area (Å²) in [5.74, 6) is -0.413. The molecule has 2 aromatic carbocycles. The summed E-state index contributed by atoms with van der Waals surface area (Å²) in [6.45, 7) is 5.53. The lowest BCUT2D eigenvalue weighted by Gasteiger charge is -2.28. The highest BCUT2D eigenvalue weighted by molar-refractivity contribution is 7.92. The van der Waals surface area contributed by atoms with Crippen molar-refractivity contribution in [3.8, 4) is 0 Å². The molecule has 152 valence electrons. The predicted octanol–water partition coefficient (Wildman–Crippen LogP) is 4.78. The fraction of sp³-hybridized carbons (Fsp3) is 0.381. The lowest BCUT2D eigenvalue weighted by atomic mass is 10.1. The van der Waals surface area contributed by atoms with Crippen molar-refractivity contribution in [3.05, 3.63) is 58.6 Å². The molecular weight excluding hydrogens is 396 g/mol. The Bertz CT molecular complexity index is 927. The van der Waals surface area contributed by atoms with Crippen LogP contribution in [0.5, 0.6) is 0 Å². The highest BCUT2D eigenvalue weighted by Gasteiger charge is 2.29. The number of unbranched alkanes of at least 4 members (excludes halogenated alkanes) is 1. The Balaban J connectivity index is 2.20. The average Bonchev–Trinajstić information content (AvgIpc) is 2.63. The first-order chi connectivity index (χ1) is 13.1. The van der Waals surface area contributed by atoms with Gasteiger partial charge in [0, 0.05) is 10.7 Å². The van der Waals surface area contributed by atoms with E-state index in [-0.39, 0.29) is 0 Å². The molecule has 0 unspecified atom stereocenters. The molecule has 1 atom stereocenters. The van der Waals surface area contributed by atoms with Crippen molar-refractivity contribution >= 4 is 38.9 Å². The number of carbonyl (C=O) groups is 1. The first-order valence-corrected chi connectivity index (χ1v) is 11.5. The normalized spacial score (nSPS) is 12.5. The van der Waals surface area contributed by atoms with E-state index in [1.54, 1.807) is 25.1 Å². The van der Waals surface area contributed by atoms with Crippen LogP contribution in [0.3, 0.4) is 0 Å². The second-order valence-corrected chi connectivity index (χ2v) is 9.22. The van der Waals surface area contributed by atoms with Crippen molar-refractivity contribution in [2.24, 2.45) is 0 Å². The van der Waals surface area contributed by atoms with Gasteiger partial charge in [0.1, 0.15) is 6.04 Å². The number of hydrogen-bond acceptors (Lipinski definition) is 3. The number of aryl methyl sites for hydroxylation is 2. The molecule has 0 fully saturated rings. The molecule has 1 amide bonds.